The summed E-state index contributed by atoms with van der Waals surface area (Å²) in [6.07, 6.45) is 5.80. The van der Waals surface area contributed by atoms with Crippen molar-refractivity contribution < 1.29 is 9.18 Å². The van der Waals surface area contributed by atoms with Crippen LogP contribution < -0.4 is 0 Å². The zero-order valence-electron chi connectivity index (χ0n) is 14.4. The third kappa shape index (κ3) is 4.73. The second-order valence-electron chi connectivity index (χ2n) is 6.28. The third-order valence-electron chi connectivity index (χ3n) is 4.42. The summed E-state index contributed by atoms with van der Waals surface area (Å²) in [7, 11) is 0. The molecule has 3 rings (SSSR count). The fraction of sp³-hybridized carbons (Fsp3) is 0.286. The first-order valence-corrected chi connectivity index (χ1v) is 9.87. The van der Waals surface area contributed by atoms with Crippen LogP contribution in [0.3, 0.4) is 0 Å². The number of benzene rings is 2. The molecule has 1 amide bonds. The van der Waals surface area contributed by atoms with Gasteiger partial charge in [0.25, 0.3) is 5.91 Å². The first-order valence-electron chi connectivity index (χ1n) is 8.48. The second-order valence-corrected chi connectivity index (χ2v) is 7.15. The van der Waals surface area contributed by atoms with E-state index in [2.05, 4.69) is 6.26 Å². The molecular weight excluding hydrogens is 333 g/mol. The van der Waals surface area contributed by atoms with Crippen LogP contribution >= 0.6 is 11.8 Å². The van der Waals surface area contributed by atoms with Gasteiger partial charge in [-0.1, -0.05) is 35.9 Å². The molecule has 4 heteroatoms. The van der Waals surface area contributed by atoms with Crippen LogP contribution in [0.15, 0.2) is 54.1 Å². The zero-order valence-corrected chi connectivity index (χ0v) is 15.2. The molecule has 1 fully saturated rings. The Labute approximate surface area is 152 Å². The maximum Gasteiger partial charge on any atom is 0.253 e. The smallest absolute Gasteiger partial charge is 0.253 e. The van der Waals surface area contributed by atoms with Gasteiger partial charge >= 0.3 is 0 Å². The summed E-state index contributed by atoms with van der Waals surface area (Å²) in [5, 5.41) is 0. The van der Waals surface area contributed by atoms with Gasteiger partial charge < -0.3 is 4.90 Å². The Bertz CT molecular complexity index is 760. The van der Waals surface area contributed by atoms with Crippen LogP contribution in [0.25, 0.3) is 6.08 Å². The van der Waals surface area contributed by atoms with Gasteiger partial charge in [-0.3, -0.25) is 4.79 Å². The third-order valence-corrected chi connectivity index (χ3v) is 5.05. The van der Waals surface area contributed by atoms with E-state index >= 15 is 0 Å². The summed E-state index contributed by atoms with van der Waals surface area (Å²) in [6.45, 7) is 1.43. The van der Waals surface area contributed by atoms with Gasteiger partial charge in [0.2, 0.25) is 0 Å². The van der Waals surface area contributed by atoms with Crippen molar-refractivity contribution in [2.75, 3.05) is 19.3 Å². The average Bonchev–Trinajstić information content (AvgIpc) is 2.63. The molecule has 0 N–H and O–H groups in total. The predicted octanol–water partition coefficient (Wildman–Crippen LogP) is 5.01. The van der Waals surface area contributed by atoms with Crippen LogP contribution in [0.4, 0.5) is 4.39 Å². The topological polar surface area (TPSA) is 20.3 Å². The molecule has 1 heterocycles. The van der Waals surface area contributed by atoms with Gasteiger partial charge in [-0.05, 0) is 54.5 Å². The minimum absolute atomic E-state index is 0.0977. The lowest BCUT2D eigenvalue weighted by Crippen LogP contribution is -2.36. The van der Waals surface area contributed by atoms with Crippen molar-refractivity contribution in [3.05, 3.63) is 76.6 Å². The number of carbonyl (C=O) groups is 1. The Kier molecular flexibility index (Phi) is 5.92. The van der Waals surface area contributed by atoms with Gasteiger partial charge in [0.05, 0.1) is 0 Å². The van der Waals surface area contributed by atoms with E-state index in [1.165, 1.54) is 17.2 Å². The molecule has 0 spiro atoms. The molecule has 25 heavy (non-hydrogen) atoms. The fourth-order valence-corrected chi connectivity index (χ4v) is 3.59. The van der Waals surface area contributed by atoms with Crippen LogP contribution in [-0.2, 0) is 5.75 Å². The van der Waals surface area contributed by atoms with Gasteiger partial charge in [-0.15, -0.1) is 0 Å². The Morgan fingerprint density at radius 1 is 1.16 bits per heavy atom. The van der Waals surface area contributed by atoms with E-state index in [0.29, 0.717) is 13.1 Å². The number of hydrogen-bond donors (Lipinski definition) is 0. The van der Waals surface area contributed by atoms with Crippen LogP contribution in [0, 0.1) is 5.82 Å². The Hall–Kier alpha value is -2.07. The highest BCUT2D eigenvalue weighted by Crippen LogP contribution is 2.21. The normalized spacial score (nSPS) is 14.5. The molecule has 0 saturated carbocycles. The monoisotopic (exact) mass is 355 g/mol. The SMILES string of the molecule is CSCc1ccc(C(=O)N2CCC(=Cc3cccc(F)c3)CC2)cc1. The lowest BCUT2D eigenvalue weighted by atomic mass is 10.00. The Morgan fingerprint density at radius 3 is 2.52 bits per heavy atom. The molecule has 0 atom stereocenters. The zero-order chi connectivity index (χ0) is 17.6. The van der Waals surface area contributed by atoms with Crippen molar-refractivity contribution in [2.24, 2.45) is 0 Å². The number of hydrogen-bond acceptors (Lipinski definition) is 2. The number of nitrogens with zero attached hydrogens (tertiary/aromatic N) is 1. The fourth-order valence-electron chi connectivity index (χ4n) is 3.07. The maximum atomic E-state index is 13.3. The molecule has 2 aromatic carbocycles. The van der Waals surface area contributed by atoms with E-state index in [1.54, 1.807) is 23.9 Å². The molecule has 1 aliphatic heterocycles. The van der Waals surface area contributed by atoms with E-state index < -0.39 is 0 Å². The molecule has 2 nitrogen and oxygen atoms in total. The van der Waals surface area contributed by atoms with Crippen molar-refractivity contribution in [3.8, 4) is 0 Å². The lowest BCUT2D eigenvalue weighted by Gasteiger charge is -2.28. The van der Waals surface area contributed by atoms with Gasteiger partial charge in [0.1, 0.15) is 5.82 Å². The summed E-state index contributed by atoms with van der Waals surface area (Å²) in [5.41, 5.74) is 4.15. The van der Waals surface area contributed by atoms with E-state index in [0.717, 1.165) is 29.7 Å². The van der Waals surface area contributed by atoms with Gasteiger partial charge in [-0.2, -0.15) is 11.8 Å². The highest BCUT2D eigenvalue weighted by molar-refractivity contribution is 7.97. The molecule has 0 bridgehead atoms. The van der Waals surface area contributed by atoms with E-state index in [4.69, 9.17) is 0 Å². The maximum absolute atomic E-state index is 13.3. The van der Waals surface area contributed by atoms with Crippen LogP contribution in [0.2, 0.25) is 0 Å². The number of likely N-dealkylation sites (tertiary alicyclic amines) is 1. The van der Waals surface area contributed by atoms with Crippen molar-refractivity contribution in [1.82, 2.24) is 4.90 Å². The highest BCUT2D eigenvalue weighted by atomic mass is 32.2. The van der Waals surface area contributed by atoms with Crippen molar-refractivity contribution >= 4 is 23.7 Å². The molecule has 0 unspecified atom stereocenters. The van der Waals surface area contributed by atoms with Crippen molar-refractivity contribution in [1.29, 1.82) is 0 Å². The van der Waals surface area contributed by atoms with Crippen LogP contribution in [0.5, 0.6) is 0 Å². The van der Waals surface area contributed by atoms with Gasteiger partial charge in [0.15, 0.2) is 0 Å². The second kappa shape index (κ2) is 8.34. The summed E-state index contributed by atoms with van der Waals surface area (Å²) < 4.78 is 13.3. The molecular formula is C21H22FNOS. The van der Waals surface area contributed by atoms with Crippen molar-refractivity contribution in [3.63, 3.8) is 0 Å². The molecule has 2 aromatic rings. The van der Waals surface area contributed by atoms with E-state index in [-0.39, 0.29) is 11.7 Å². The first-order chi connectivity index (χ1) is 12.2. The Balaban J connectivity index is 1.60. The Morgan fingerprint density at radius 2 is 1.88 bits per heavy atom. The molecule has 1 aliphatic rings. The molecule has 0 radical (unpaired) electrons. The lowest BCUT2D eigenvalue weighted by molar-refractivity contribution is 0.0744. The van der Waals surface area contributed by atoms with E-state index in [1.807, 2.05) is 41.3 Å². The molecule has 0 aromatic heterocycles. The van der Waals surface area contributed by atoms with E-state index in [9.17, 15) is 9.18 Å². The minimum atomic E-state index is -0.216. The quantitative estimate of drug-likeness (QED) is 0.768. The number of carbonyl (C=O) groups excluding carboxylic acids is 1. The number of thioether (sulfide) groups is 1. The number of piperidine rings is 1. The van der Waals surface area contributed by atoms with Gasteiger partial charge in [-0.25, -0.2) is 4.39 Å². The highest BCUT2D eigenvalue weighted by Gasteiger charge is 2.20. The first kappa shape index (κ1) is 17.7. The number of rotatable bonds is 4. The largest absolute Gasteiger partial charge is 0.338 e. The number of amides is 1. The summed E-state index contributed by atoms with van der Waals surface area (Å²) >= 11 is 1.77. The van der Waals surface area contributed by atoms with Gasteiger partial charge in [0, 0.05) is 24.4 Å². The molecule has 130 valence electrons. The average molecular weight is 355 g/mol. The standard InChI is InChI=1S/C21H22FNOS/c1-25-15-17-5-7-19(8-6-17)21(24)23-11-9-16(10-12-23)13-18-3-2-4-20(22)14-18/h2-8,13-14H,9-12,15H2,1H3. The molecule has 0 aliphatic carbocycles. The summed E-state index contributed by atoms with van der Waals surface area (Å²) in [6, 6.07) is 14.5. The molecule has 1 saturated heterocycles. The van der Waals surface area contributed by atoms with Crippen LogP contribution in [0.1, 0.15) is 34.3 Å². The minimum Gasteiger partial charge on any atom is -0.338 e. The van der Waals surface area contributed by atoms with Crippen LogP contribution in [-0.4, -0.2) is 30.2 Å². The summed E-state index contributed by atoms with van der Waals surface area (Å²) in [5.74, 6) is 0.847. The number of halogens is 1. The van der Waals surface area contributed by atoms with Crippen molar-refractivity contribution in [2.45, 2.75) is 18.6 Å². The predicted molar refractivity (Wildman–Crippen MR) is 103 cm³/mol. The summed E-state index contributed by atoms with van der Waals surface area (Å²) in [4.78, 5) is 14.5.